The summed E-state index contributed by atoms with van der Waals surface area (Å²) in [4.78, 5) is 0. The molecule has 0 fully saturated rings. The standard InChI is InChI=1S/C29H29B/c1-4-10-23(3)29(26-18-17-24-11-8-9-12-25(24)21-26)30(27-13-6-5-7-14-27)28-19-15-22(2)16-20-28/h5-9,11-21H,4,10H2,1-3H3/b29-23-. The van der Waals surface area contributed by atoms with E-state index >= 15 is 0 Å². The first-order valence-corrected chi connectivity index (χ1v) is 11.0. The van der Waals surface area contributed by atoms with Crippen molar-refractivity contribution >= 4 is 33.9 Å². The summed E-state index contributed by atoms with van der Waals surface area (Å²) in [5.74, 6) is 0. The summed E-state index contributed by atoms with van der Waals surface area (Å²) in [5.41, 5.74) is 8.24. The second-order valence-electron chi connectivity index (χ2n) is 8.26. The molecule has 0 N–H and O–H groups in total. The maximum atomic E-state index is 2.37. The highest BCUT2D eigenvalue weighted by molar-refractivity contribution is 6.99. The summed E-state index contributed by atoms with van der Waals surface area (Å²) in [6.45, 7) is 6.96. The molecule has 0 aliphatic heterocycles. The quantitative estimate of drug-likeness (QED) is 0.328. The zero-order valence-electron chi connectivity index (χ0n) is 18.2. The molecule has 0 aromatic heterocycles. The van der Waals surface area contributed by atoms with Crippen molar-refractivity contribution in [2.75, 3.05) is 0 Å². The molecule has 4 aromatic rings. The number of hydrogen-bond acceptors (Lipinski definition) is 0. The first-order chi connectivity index (χ1) is 14.7. The first-order valence-electron chi connectivity index (χ1n) is 11.0. The van der Waals surface area contributed by atoms with Crippen LogP contribution in [0.5, 0.6) is 0 Å². The molecule has 30 heavy (non-hydrogen) atoms. The van der Waals surface area contributed by atoms with Gasteiger partial charge in [-0.2, -0.15) is 0 Å². The second kappa shape index (κ2) is 9.18. The van der Waals surface area contributed by atoms with Crippen LogP contribution in [0.4, 0.5) is 0 Å². The maximum absolute atomic E-state index is 2.37. The number of fused-ring (bicyclic) bond motifs is 1. The Balaban J connectivity index is 1.96. The molecular formula is C29H29B. The molecule has 4 rings (SSSR count). The predicted octanol–water partition coefficient (Wildman–Crippen LogP) is 6.57. The van der Waals surface area contributed by atoms with Gasteiger partial charge in [0, 0.05) is 0 Å². The van der Waals surface area contributed by atoms with E-state index in [0.717, 1.165) is 12.8 Å². The Kier molecular flexibility index (Phi) is 6.19. The topological polar surface area (TPSA) is 0 Å². The highest BCUT2D eigenvalue weighted by atomic mass is 14.1. The van der Waals surface area contributed by atoms with E-state index in [0.29, 0.717) is 0 Å². The van der Waals surface area contributed by atoms with E-state index in [2.05, 4.69) is 118 Å². The molecule has 1 heteroatoms. The van der Waals surface area contributed by atoms with Crippen molar-refractivity contribution in [2.45, 2.75) is 33.6 Å². The van der Waals surface area contributed by atoms with Gasteiger partial charge < -0.3 is 0 Å². The van der Waals surface area contributed by atoms with Crippen LogP contribution in [0.15, 0.2) is 103 Å². The number of hydrogen-bond donors (Lipinski definition) is 0. The Morgan fingerprint density at radius 3 is 2.03 bits per heavy atom. The molecule has 0 amide bonds. The molecule has 4 aromatic carbocycles. The second-order valence-corrected chi connectivity index (χ2v) is 8.26. The predicted molar refractivity (Wildman–Crippen MR) is 134 cm³/mol. The third kappa shape index (κ3) is 4.26. The maximum Gasteiger partial charge on any atom is 0.241 e. The van der Waals surface area contributed by atoms with Crippen LogP contribution < -0.4 is 10.9 Å². The Morgan fingerprint density at radius 1 is 0.700 bits per heavy atom. The van der Waals surface area contributed by atoms with Crippen LogP contribution in [0, 0.1) is 6.92 Å². The van der Waals surface area contributed by atoms with Gasteiger partial charge in [0.15, 0.2) is 0 Å². The number of allylic oxidation sites excluding steroid dienone is 1. The van der Waals surface area contributed by atoms with E-state index in [1.165, 1.54) is 43.9 Å². The molecule has 0 saturated carbocycles. The smallest absolute Gasteiger partial charge is 0.0774 e. The van der Waals surface area contributed by atoms with Gasteiger partial charge in [-0.1, -0.05) is 132 Å². The van der Waals surface area contributed by atoms with Crippen molar-refractivity contribution in [3.8, 4) is 0 Å². The van der Waals surface area contributed by atoms with E-state index in [1.54, 1.807) is 0 Å². The van der Waals surface area contributed by atoms with E-state index in [9.17, 15) is 0 Å². The zero-order valence-corrected chi connectivity index (χ0v) is 18.2. The van der Waals surface area contributed by atoms with Gasteiger partial charge in [-0.25, -0.2) is 0 Å². The van der Waals surface area contributed by atoms with Gasteiger partial charge in [0.1, 0.15) is 0 Å². The highest BCUT2D eigenvalue weighted by Gasteiger charge is 2.26. The van der Waals surface area contributed by atoms with Crippen molar-refractivity contribution in [1.82, 2.24) is 0 Å². The molecular weight excluding hydrogens is 359 g/mol. The third-order valence-corrected chi connectivity index (χ3v) is 5.98. The summed E-state index contributed by atoms with van der Waals surface area (Å²) < 4.78 is 0. The van der Waals surface area contributed by atoms with Crippen LogP contribution in [0.2, 0.25) is 0 Å². The van der Waals surface area contributed by atoms with Gasteiger partial charge in [-0.05, 0) is 42.7 Å². The zero-order chi connectivity index (χ0) is 20.9. The lowest BCUT2D eigenvalue weighted by Gasteiger charge is -2.23. The van der Waals surface area contributed by atoms with E-state index in [1.807, 2.05) is 0 Å². The normalized spacial score (nSPS) is 12.0. The molecule has 148 valence electrons. The van der Waals surface area contributed by atoms with E-state index in [4.69, 9.17) is 0 Å². The van der Waals surface area contributed by atoms with Crippen LogP contribution >= 0.6 is 0 Å². The minimum Gasteiger partial charge on any atom is -0.0774 e. The van der Waals surface area contributed by atoms with Crippen molar-refractivity contribution in [3.05, 3.63) is 114 Å². The monoisotopic (exact) mass is 388 g/mol. The van der Waals surface area contributed by atoms with E-state index in [-0.39, 0.29) is 6.71 Å². The Morgan fingerprint density at radius 2 is 1.33 bits per heavy atom. The van der Waals surface area contributed by atoms with Gasteiger partial charge >= 0.3 is 0 Å². The molecule has 0 saturated heterocycles. The average molecular weight is 388 g/mol. The fourth-order valence-corrected chi connectivity index (χ4v) is 4.46. The molecule has 0 aliphatic rings. The van der Waals surface area contributed by atoms with Crippen molar-refractivity contribution in [2.24, 2.45) is 0 Å². The SMILES string of the molecule is CCC/C(C)=C(\B(c1ccccc1)c1ccc(C)cc1)c1ccc2ccccc2c1. The van der Waals surface area contributed by atoms with Crippen LogP contribution in [-0.4, -0.2) is 6.71 Å². The largest absolute Gasteiger partial charge is 0.241 e. The summed E-state index contributed by atoms with van der Waals surface area (Å²) in [6, 6.07) is 35.6. The fourth-order valence-electron chi connectivity index (χ4n) is 4.46. The van der Waals surface area contributed by atoms with E-state index < -0.39 is 0 Å². The van der Waals surface area contributed by atoms with Gasteiger partial charge in [0.25, 0.3) is 0 Å². The summed E-state index contributed by atoms with van der Waals surface area (Å²) in [7, 11) is 0. The van der Waals surface area contributed by atoms with Crippen LogP contribution in [0.1, 0.15) is 37.8 Å². The molecule has 0 aliphatic carbocycles. The lowest BCUT2D eigenvalue weighted by molar-refractivity contribution is 0.910. The van der Waals surface area contributed by atoms with Crippen LogP contribution in [0.3, 0.4) is 0 Å². The lowest BCUT2D eigenvalue weighted by Crippen LogP contribution is -2.44. The number of aryl methyl sites for hydroxylation is 1. The Hall–Kier alpha value is -3.06. The molecule has 0 unspecified atom stereocenters. The van der Waals surface area contributed by atoms with Crippen LogP contribution in [-0.2, 0) is 0 Å². The lowest BCUT2D eigenvalue weighted by atomic mass is 9.34. The van der Waals surface area contributed by atoms with Crippen LogP contribution in [0.25, 0.3) is 16.2 Å². The molecule has 0 atom stereocenters. The highest BCUT2D eigenvalue weighted by Crippen LogP contribution is 2.28. The molecule has 0 bridgehead atoms. The minimum absolute atomic E-state index is 0.222. The minimum atomic E-state index is 0.222. The summed E-state index contributed by atoms with van der Waals surface area (Å²) in [5, 5.41) is 2.59. The third-order valence-electron chi connectivity index (χ3n) is 5.98. The molecule has 0 spiro atoms. The van der Waals surface area contributed by atoms with Gasteiger partial charge in [-0.15, -0.1) is 0 Å². The molecule has 0 nitrogen and oxygen atoms in total. The Bertz CT molecular complexity index is 1150. The average Bonchev–Trinajstić information content (AvgIpc) is 2.78. The fraction of sp³-hybridized carbons (Fsp3) is 0.172. The van der Waals surface area contributed by atoms with Crippen molar-refractivity contribution in [3.63, 3.8) is 0 Å². The number of rotatable bonds is 6. The molecule has 0 heterocycles. The summed E-state index contributed by atoms with van der Waals surface area (Å²) in [6.07, 6.45) is 2.26. The number of benzene rings is 4. The van der Waals surface area contributed by atoms with Crippen molar-refractivity contribution < 1.29 is 0 Å². The van der Waals surface area contributed by atoms with Gasteiger partial charge in [0.2, 0.25) is 6.71 Å². The van der Waals surface area contributed by atoms with Gasteiger partial charge in [0.05, 0.1) is 0 Å². The first kappa shape index (κ1) is 20.2. The Labute approximate surface area is 181 Å². The van der Waals surface area contributed by atoms with Gasteiger partial charge in [-0.3, -0.25) is 0 Å². The summed E-state index contributed by atoms with van der Waals surface area (Å²) >= 11 is 0. The molecule has 0 radical (unpaired) electrons. The van der Waals surface area contributed by atoms with Crippen molar-refractivity contribution in [1.29, 1.82) is 0 Å².